The van der Waals surface area contributed by atoms with E-state index >= 15 is 0 Å². The maximum absolute atomic E-state index is 12.5. The van der Waals surface area contributed by atoms with Crippen LogP contribution in [0.1, 0.15) is 32.6 Å². The lowest BCUT2D eigenvalue weighted by molar-refractivity contribution is -0.142. The van der Waals surface area contributed by atoms with Crippen LogP contribution in [0.25, 0.3) is 0 Å². The van der Waals surface area contributed by atoms with Crippen LogP contribution in [0.15, 0.2) is 0 Å². The second kappa shape index (κ2) is 12.6. The molecule has 0 rings (SSSR count). The van der Waals surface area contributed by atoms with E-state index in [2.05, 4.69) is 16.0 Å². The molecule has 0 aromatic rings. The number of hydrogen-bond donors (Lipinski definition) is 7. The Morgan fingerprint density at radius 1 is 0.926 bits per heavy atom. The van der Waals surface area contributed by atoms with E-state index in [1.54, 1.807) is 0 Å². The van der Waals surface area contributed by atoms with Crippen LogP contribution in [-0.2, 0) is 24.0 Å². The fourth-order valence-corrected chi connectivity index (χ4v) is 2.07. The van der Waals surface area contributed by atoms with Crippen LogP contribution >= 0.6 is 0 Å². The van der Waals surface area contributed by atoms with Gasteiger partial charge < -0.3 is 38.3 Å². The standard InChI is InChI=1S/C15H28N6O6/c1-8(15(26)27)19-14(25)10(6-11(18)22)21-13(24)9(4-2-3-5-16)20-12(23)7-17/h8-10H,2-7,16-17H2,1H3,(H2,18,22)(H,19,25)(H,20,23)(H,21,24)(H,26,27). The Hall–Kier alpha value is -2.73. The fourth-order valence-electron chi connectivity index (χ4n) is 2.07. The number of aliphatic carboxylic acids is 1. The van der Waals surface area contributed by atoms with E-state index in [9.17, 15) is 24.0 Å². The molecule has 154 valence electrons. The summed E-state index contributed by atoms with van der Waals surface area (Å²) in [4.78, 5) is 58.2. The number of carbonyl (C=O) groups is 5. The summed E-state index contributed by atoms with van der Waals surface area (Å²) in [6.45, 7) is 1.29. The third-order valence-corrected chi connectivity index (χ3v) is 3.55. The van der Waals surface area contributed by atoms with Crippen LogP contribution in [0.2, 0.25) is 0 Å². The zero-order valence-electron chi connectivity index (χ0n) is 15.2. The maximum atomic E-state index is 12.5. The first-order chi connectivity index (χ1) is 12.6. The SMILES string of the molecule is CC(NC(=O)C(CC(N)=O)NC(=O)C(CCCCN)NC(=O)CN)C(=O)O. The van der Waals surface area contributed by atoms with Crippen LogP contribution in [0.5, 0.6) is 0 Å². The highest BCUT2D eigenvalue weighted by Crippen LogP contribution is 2.03. The molecule has 0 aromatic carbocycles. The Bertz CT molecular complexity index is 555. The molecule has 10 N–H and O–H groups in total. The van der Waals surface area contributed by atoms with Crippen molar-refractivity contribution in [2.45, 2.75) is 50.7 Å². The number of rotatable bonds is 13. The molecule has 0 bridgehead atoms. The molecule has 0 aliphatic heterocycles. The van der Waals surface area contributed by atoms with Gasteiger partial charge in [0.05, 0.1) is 13.0 Å². The molecule has 27 heavy (non-hydrogen) atoms. The molecule has 3 unspecified atom stereocenters. The minimum Gasteiger partial charge on any atom is -0.480 e. The number of amides is 4. The first kappa shape index (κ1) is 24.3. The highest BCUT2D eigenvalue weighted by atomic mass is 16.4. The fraction of sp³-hybridized carbons (Fsp3) is 0.667. The number of hydrogen-bond acceptors (Lipinski definition) is 7. The average Bonchev–Trinajstić information content (AvgIpc) is 2.59. The Balaban J connectivity index is 5.16. The molecular formula is C15H28N6O6. The predicted molar refractivity (Wildman–Crippen MR) is 94.9 cm³/mol. The van der Waals surface area contributed by atoms with Crippen molar-refractivity contribution < 1.29 is 29.1 Å². The van der Waals surface area contributed by atoms with E-state index in [0.717, 1.165) is 0 Å². The molecule has 0 aromatic heterocycles. The molecule has 0 aliphatic rings. The molecular weight excluding hydrogens is 360 g/mol. The van der Waals surface area contributed by atoms with E-state index in [1.165, 1.54) is 6.92 Å². The normalized spacial score (nSPS) is 13.7. The van der Waals surface area contributed by atoms with E-state index in [0.29, 0.717) is 19.4 Å². The summed E-state index contributed by atoms with van der Waals surface area (Å²) >= 11 is 0. The lowest BCUT2D eigenvalue weighted by Gasteiger charge is -2.23. The van der Waals surface area contributed by atoms with E-state index in [-0.39, 0.29) is 13.0 Å². The molecule has 0 radical (unpaired) electrons. The quantitative estimate of drug-likeness (QED) is 0.156. The van der Waals surface area contributed by atoms with Gasteiger partial charge in [0.15, 0.2) is 0 Å². The molecule has 4 amide bonds. The summed E-state index contributed by atoms with van der Waals surface area (Å²) in [7, 11) is 0. The monoisotopic (exact) mass is 388 g/mol. The Morgan fingerprint density at radius 2 is 1.52 bits per heavy atom. The van der Waals surface area contributed by atoms with Gasteiger partial charge in [-0.2, -0.15) is 0 Å². The van der Waals surface area contributed by atoms with Crippen LogP contribution in [0, 0.1) is 0 Å². The van der Waals surface area contributed by atoms with Crippen LogP contribution in [0.3, 0.4) is 0 Å². The largest absolute Gasteiger partial charge is 0.480 e. The van der Waals surface area contributed by atoms with Crippen LogP contribution in [-0.4, -0.2) is 65.9 Å². The lowest BCUT2D eigenvalue weighted by atomic mass is 10.1. The summed E-state index contributed by atoms with van der Waals surface area (Å²) in [5.74, 6) is -4.34. The maximum Gasteiger partial charge on any atom is 0.325 e. The summed E-state index contributed by atoms with van der Waals surface area (Å²) in [6.07, 6.45) is 0.848. The van der Waals surface area contributed by atoms with Crippen LogP contribution < -0.4 is 33.2 Å². The number of nitrogens with two attached hydrogens (primary N) is 3. The minimum absolute atomic E-state index is 0.241. The number of carbonyl (C=O) groups excluding carboxylic acids is 4. The highest BCUT2D eigenvalue weighted by molar-refractivity contribution is 5.95. The van der Waals surface area contributed by atoms with Crippen molar-refractivity contribution in [2.24, 2.45) is 17.2 Å². The number of carboxylic acid groups (broad SMARTS) is 1. The summed E-state index contributed by atoms with van der Waals surface area (Å²) in [5.41, 5.74) is 15.7. The van der Waals surface area contributed by atoms with Gasteiger partial charge in [-0.1, -0.05) is 0 Å². The van der Waals surface area contributed by atoms with Crippen molar-refractivity contribution >= 4 is 29.6 Å². The van der Waals surface area contributed by atoms with Gasteiger partial charge >= 0.3 is 5.97 Å². The van der Waals surface area contributed by atoms with Gasteiger partial charge in [0.2, 0.25) is 23.6 Å². The average molecular weight is 388 g/mol. The molecule has 12 nitrogen and oxygen atoms in total. The first-order valence-electron chi connectivity index (χ1n) is 8.43. The number of nitrogens with one attached hydrogen (secondary N) is 3. The summed E-state index contributed by atoms with van der Waals surface area (Å²) in [6, 6.07) is -3.61. The van der Waals surface area contributed by atoms with Crippen molar-refractivity contribution in [3.63, 3.8) is 0 Å². The van der Waals surface area contributed by atoms with Gasteiger partial charge in [-0.05, 0) is 32.7 Å². The zero-order valence-corrected chi connectivity index (χ0v) is 15.2. The number of unbranched alkanes of at least 4 members (excludes halogenated alkanes) is 1. The van der Waals surface area contributed by atoms with Crippen LogP contribution in [0.4, 0.5) is 0 Å². The first-order valence-corrected chi connectivity index (χ1v) is 8.43. The van der Waals surface area contributed by atoms with E-state index in [1.807, 2.05) is 0 Å². The number of primary amides is 1. The second-order valence-corrected chi connectivity index (χ2v) is 5.91. The third-order valence-electron chi connectivity index (χ3n) is 3.55. The molecule has 0 saturated heterocycles. The summed E-state index contributed by atoms with van der Waals surface area (Å²) < 4.78 is 0. The highest BCUT2D eigenvalue weighted by Gasteiger charge is 2.29. The molecule has 0 heterocycles. The molecule has 12 heteroatoms. The van der Waals surface area contributed by atoms with E-state index < -0.39 is 54.1 Å². The lowest BCUT2D eigenvalue weighted by Crippen LogP contribution is -2.56. The Kier molecular flexibility index (Phi) is 11.3. The Morgan fingerprint density at radius 3 is 2.00 bits per heavy atom. The molecule has 3 atom stereocenters. The molecule has 0 saturated carbocycles. The molecule has 0 spiro atoms. The third kappa shape index (κ3) is 10.1. The van der Waals surface area contributed by atoms with Crippen molar-refractivity contribution in [3.8, 4) is 0 Å². The van der Waals surface area contributed by atoms with Gasteiger partial charge in [0.1, 0.15) is 18.1 Å². The van der Waals surface area contributed by atoms with Gasteiger partial charge in [0, 0.05) is 0 Å². The molecule has 0 fully saturated rings. The zero-order chi connectivity index (χ0) is 21.0. The van der Waals surface area contributed by atoms with Gasteiger partial charge in [-0.25, -0.2) is 0 Å². The van der Waals surface area contributed by atoms with Gasteiger partial charge in [0.25, 0.3) is 0 Å². The second-order valence-electron chi connectivity index (χ2n) is 5.91. The predicted octanol–water partition coefficient (Wildman–Crippen LogP) is -3.49. The minimum atomic E-state index is -1.39. The smallest absolute Gasteiger partial charge is 0.325 e. The van der Waals surface area contributed by atoms with Gasteiger partial charge in [-0.15, -0.1) is 0 Å². The summed E-state index contributed by atoms with van der Waals surface area (Å²) in [5, 5.41) is 15.7. The van der Waals surface area contributed by atoms with Gasteiger partial charge in [-0.3, -0.25) is 24.0 Å². The van der Waals surface area contributed by atoms with Crippen molar-refractivity contribution in [3.05, 3.63) is 0 Å². The van der Waals surface area contributed by atoms with Crippen molar-refractivity contribution in [1.82, 2.24) is 16.0 Å². The number of carboxylic acids is 1. The van der Waals surface area contributed by atoms with E-state index in [4.69, 9.17) is 22.3 Å². The molecule has 0 aliphatic carbocycles. The Labute approximate surface area is 156 Å². The van der Waals surface area contributed by atoms with Crippen molar-refractivity contribution in [2.75, 3.05) is 13.1 Å². The topological polar surface area (TPSA) is 220 Å². The van der Waals surface area contributed by atoms with Crippen molar-refractivity contribution in [1.29, 1.82) is 0 Å².